The SMILES string of the molecule is Cc1ccccc1-c1csc(C(=O)N2CCCCC2CNC(=O)c2ccccc2F)n1. The lowest BCUT2D eigenvalue weighted by molar-refractivity contribution is 0.0602. The summed E-state index contributed by atoms with van der Waals surface area (Å²) in [5.74, 6) is -1.13. The monoisotopic (exact) mass is 437 g/mol. The third kappa shape index (κ3) is 4.66. The van der Waals surface area contributed by atoms with Crippen LogP contribution in [0.4, 0.5) is 4.39 Å². The van der Waals surface area contributed by atoms with Crippen LogP contribution in [0.2, 0.25) is 0 Å². The Labute approximate surface area is 184 Å². The van der Waals surface area contributed by atoms with E-state index >= 15 is 0 Å². The van der Waals surface area contributed by atoms with E-state index in [4.69, 9.17) is 0 Å². The summed E-state index contributed by atoms with van der Waals surface area (Å²) < 4.78 is 13.9. The lowest BCUT2D eigenvalue weighted by Gasteiger charge is -2.35. The predicted octanol–water partition coefficient (Wildman–Crippen LogP) is 4.68. The summed E-state index contributed by atoms with van der Waals surface area (Å²) in [5, 5.41) is 5.16. The van der Waals surface area contributed by atoms with Gasteiger partial charge in [0.25, 0.3) is 11.8 Å². The number of hydrogen-bond donors (Lipinski definition) is 1. The molecule has 0 aliphatic carbocycles. The molecule has 4 rings (SSSR count). The van der Waals surface area contributed by atoms with Crippen LogP contribution in [0.3, 0.4) is 0 Å². The molecule has 1 N–H and O–H groups in total. The number of nitrogens with one attached hydrogen (secondary N) is 1. The number of hydrogen-bond acceptors (Lipinski definition) is 4. The molecule has 1 atom stereocenters. The number of carbonyl (C=O) groups is 2. The van der Waals surface area contributed by atoms with E-state index in [1.807, 2.05) is 36.6 Å². The number of amides is 2. The first-order valence-corrected chi connectivity index (χ1v) is 11.3. The van der Waals surface area contributed by atoms with Crippen LogP contribution in [0.5, 0.6) is 0 Å². The van der Waals surface area contributed by atoms with Crippen molar-refractivity contribution in [1.29, 1.82) is 0 Å². The van der Waals surface area contributed by atoms with Crippen LogP contribution in [0.15, 0.2) is 53.9 Å². The Hall–Kier alpha value is -3.06. The summed E-state index contributed by atoms with van der Waals surface area (Å²) in [4.78, 5) is 32.0. The van der Waals surface area contributed by atoms with Gasteiger partial charge in [0.15, 0.2) is 5.01 Å². The van der Waals surface area contributed by atoms with Crippen LogP contribution < -0.4 is 5.32 Å². The summed E-state index contributed by atoms with van der Waals surface area (Å²) in [6.07, 6.45) is 2.69. The van der Waals surface area contributed by atoms with E-state index in [1.165, 1.54) is 23.5 Å². The fraction of sp³-hybridized carbons (Fsp3) is 0.292. The quantitative estimate of drug-likeness (QED) is 0.630. The molecule has 0 radical (unpaired) electrons. The summed E-state index contributed by atoms with van der Waals surface area (Å²) in [7, 11) is 0. The fourth-order valence-electron chi connectivity index (χ4n) is 3.91. The lowest BCUT2D eigenvalue weighted by atomic mass is 10.0. The standard InChI is InChI=1S/C24H24FN3O2S/c1-16-8-2-3-10-18(16)21-15-31-23(27-21)24(30)28-13-7-6-9-17(28)14-26-22(29)19-11-4-5-12-20(19)25/h2-5,8,10-12,15,17H,6-7,9,13-14H2,1H3,(H,26,29). The molecule has 1 aliphatic rings. The maximum absolute atomic E-state index is 13.9. The number of nitrogens with zero attached hydrogens (tertiary/aromatic N) is 2. The van der Waals surface area contributed by atoms with Gasteiger partial charge in [0.05, 0.1) is 11.3 Å². The lowest BCUT2D eigenvalue weighted by Crippen LogP contribution is -2.49. The first-order valence-electron chi connectivity index (χ1n) is 10.4. The van der Waals surface area contributed by atoms with Gasteiger partial charge in [-0.1, -0.05) is 36.4 Å². The second-order valence-electron chi connectivity index (χ2n) is 7.69. The van der Waals surface area contributed by atoms with Gasteiger partial charge in [-0.2, -0.15) is 0 Å². The van der Waals surface area contributed by atoms with Gasteiger partial charge < -0.3 is 10.2 Å². The highest BCUT2D eigenvalue weighted by molar-refractivity contribution is 7.12. The summed E-state index contributed by atoms with van der Waals surface area (Å²) in [6, 6.07) is 13.7. The van der Waals surface area contributed by atoms with Gasteiger partial charge in [0.1, 0.15) is 5.82 Å². The zero-order valence-corrected chi connectivity index (χ0v) is 18.1. The molecule has 2 heterocycles. The minimum Gasteiger partial charge on any atom is -0.350 e. The van der Waals surface area contributed by atoms with Crippen LogP contribution in [0, 0.1) is 12.7 Å². The molecule has 2 amide bonds. The van der Waals surface area contributed by atoms with Crippen molar-refractivity contribution in [3.8, 4) is 11.3 Å². The second-order valence-corrected chi connectivity index (χ2v) is 8.55. The predicted molar refractivity (Wildman–Crippen MR) is 120 cm³/mol. The van der Waals surface area contributed by atoms with Gasteiger partial charge >= 0.3 is 0 Å². The van der Waals surface area contributed by atoms with Crippen LogP contribution >= 0.6 is 11.3 Å². The first kappa shape index (κ1) is 21.2. The normalized spacial score (nSPS) is 16.2. The number of thiazole rings is 1. The Kier molecular flexibility index (Phi) is 6.42. The van der Waals surface area contributed by atoms with E-state index in [0.29, 0.717) is 11.6 Å². The van der Waals surface area contributed by atoms with E-state index < -0.39 is 11.7 Å². The molecule has 31 heavy (non-hydrogen) atoms. The van der Waals surface area contributed by atoms with Gasteiger partial charge in [0, 0.05) is 30.1 Å². The molecule has 1 saturated heterocycles. The molecule has 3 aromatic rings. The zero-order chi connectivity index (χ0) is 21.8. The minimum absolute atomic E-state index is 0.0129. The van der Waals surface area contributed by atoms with Crippen LogP contribution in [0.25, 0.3) is 11.3 Å². The Morgan fingerprint density at radius 3 is 2.74 bits per heavy atom. The molecule has 160 valence electrons. The highest BCUT2D eigenvalue weighted by atomic mass is 32.1. The molecule has 0 bridgehead atoms. The first-order chi connectivity index (χ1) is 15.0. The number of carbonyl (C=O) groups excluding carboxylic acids is 2. The summed E-state index contributed by atoms with van der Waals surface area (Å²) in [6.45, 7) is 2.93. The third-order valence-corrected chi connectivity index (χ3v) is 6.44. The third-order valence-electron chi connectivity index (χ3n) is 5.61. The molecule has 7 heteroatoms. The van der Waals surface area contributed by atoms with Gasteiger partial charge in [0.2, 0.25) is 0 Å². The fourth-order valence-corrected chi connectivity index (χ4v) is 4.68. The highest BCUT2D eigenvalue weighted by Crippen LogP contribution is 2.27. The van der Waals surface area contributed by atoms with Crippen molar-refractivity contribution in [2.75, 3.05) is 13.1 Å². The molecule has 1 aliphatic heterocycles. The maximum atomic E-state index is 13.9. The number of halogens is 1. The number of rotatable bonds is 5. The summed E-state index contributed by atoms with van der Waals surface area (Å²) >= 11 is 1.34. The highest BCUT2D eigenvalue weighted by Gasteiger charge is 2.30. The van der Waals surface area contributed by atoms with Crippen molar-refractivity contribution in [3.63, 3.8) is 0 Å². The minimum atomic E-state index is -0.553. The van der Waals surface area contributed by atoms with Crippen molar-refractivity contribution >= 4 is 23.2 Å². The average molecular weight is 438 g/mol. The maximum Gasteiger partial charge on any atom is 0.283 e. The van der Waals surface area contributed by atoms with E-state index in [-0.39, 0.29) is 24.1 Å². The number of aryl methyl sites for hydroxylation is 1. The molecule has 1 aromatic heterocycles. The zero-order valence-electron chi connectivity index (χ0n) is 17.3. The van der Waals surface area contributed by atoms with E-state index in [2.05, 4.69) is 10.3 Å². The summed E-state index contributed by atoms with van der Waals surface area (Å²) in [5.41, 5.74) is 2.94. The van der Waals surface area contributed by atoms with E-state index in [9.17, 15) is 14.0 Å². The molecule has 1 unspecified atom stereocenters. The van der Waals surface area contributed by atoms with Crippen molar-refractivity contribution in [2.45, 2.75) is 32.2 Å². The molecule has 0 saturated carbocycles. The van der Waals surface area contributed by atoms with Gasteiger partial charge in [-0.3, -0.25) is 9.59 Å². The van der Waals surface area contributed by atoms with Gasteiger partial charge in [-0.05, 0) is 43.9 Å². The Morgan fingerprint density at radius 2 is 1.94 bits per heavy atom. The molecular formula is C24H24FN3O2S. The van der Waals surface area contributed by atoms with Crippen LogP contribution in [-0.2, 0) is 0 Å². The van der Waals surface area contributed by atoms with E-state index in [0.717, 1.165) is 36.1 Å². The Balaban J connectivity index is 1.46. The van der Waals surface area contributed by atoms with Crippen molar-refractivity contribution in [3.05, 3.63) is 75.9 Å². The average Bonchev–Trinajstić information content (AvgIpc) is 3.28. The molecular weight excluding hydrogens is 413 g/mol. The van der Waals surface area contributed by atoms with Gasteiger partial charge in [-0.15, -0.1) is 11.3 Å². The van der Waals surface area contributed by atoms with E-state index in [1.54, 1.807) is 17.0 Å². The Morgan fingerprint density at radius 1 is 1.16 bits per heavy atom. The molecule has 2 aromatic carbocycles. The number of benzene rings is 2. The van der Waals surface area contributed by atoms with Crippen molar-refractivity contribution in [1.82, 2.24) is 15.2 Å². The topological polar surface area (TPSA) is 62.3 Å². The van der Waals surface area contributed by atoms with Crippen molar-refractivity contribution in [2.24, 2.45) is 0 Å². The van der Waals surface area contributed by atoms with Crippen molar-refractivity contribution < 1.29 is 14.0 Å². The Bertz CT molecular complexity index is 1100. The number of likely N-dealkylation sites (tertiary alicyclic amines) is 1. The largest absolute Gasteiger partial charge is 0.350 e. The van der Waals surface area contributed by atoms with Crippen LogP contribution in [0.1, 0.15) is 45.0 Å². The smallest absolute Gasteiger partial charge is 0.283 e. The second kappa shape index (κ2) is 9.39. The molecule has 5 nitrogen and oxygen atoms in total. The van der Waals surface area contributed by atoms with Crippen LogP contribution in [-0.4, -0.2) is 40.8 Å². The molecule has 1 fully saturated rings. The van der Waals surface area contributed by atoms with Gasteiger partial charge in [-0.25, -0.2) is 9.37 Å². The number of piperidine rings is 1. The number of aromatic nitrogens is 1. The molecule has 0 spiro atoms.